The zero-order valence-corrected chi connectivity index (χ0v) is 50.5. The summed E-state index contributed by atoms with van der Waals surface area (Å²) in [5, 5.41) is 82.7. The first-order valence-electron chi connectivity index (χ1n) is 27.0. The number of fused-ring (bicyclic) bond motifs is 11. The molecule has 0 spiro atoms. The Labute approximate surface area is 503 Å². The van der Waals surface area contributed by atoms with E-state index in [1.807, 2.05) is 0 Å². The first-order valence-corrected chi connectivity index (χ1v) is 34.5. The number of nitrogens with zero attached hydrogens (tertiary/aromatic N) is 1. The maximum Gasteiger partial charge on any atom is 0.321 e. The zero-order chi connectivity index (χ0) is 60.3. The van der Waals surface area contributed by atoms with E-state index in [1.165, 1.54) is 98.3 Å². The van der Waals surface area contributed by atoms with E-state index in [2.05, 4.69) is 37.2 Å². The molecule has 0 saturated carbocycles. The highest BCUT2D eigenvalue weighted by molar-refractivity contribution is 8.77. The van der Waals surface area contributed by atoms with Gasteiger partial charge in [-0.2, -0.15) is 0 Å². The first-order chi connectivity index (χ1) is 39.6. The van der Waals surface area contributed by atoms with E-state index in [4.69, 9.17) is 0 Å². The van der Waals surface area contributed by atoms with Crippen molar-refractivity contribution in [2.45, 2.75) is 138 Å². The molecule has 0 radical (unpaired) electrons. The largest absolute Gasteiger partial charge is 0.508 e. The molecule has 83 heavy (non-hydrogen) atoms. The smallest absolute Gasteiger partial charge is 0.321 e. The molecular formula is C53H72N8O16S6. The number of Topliss-reactive ketones (excluding diaryl/α,β-unsaturated/α-hetero) is 3. The number of nitrogens with one attached hydrogen (secondary N) is 7. The van der Waals surface area contributed by atoms with E-state index in [1.54, 1.807) is 12.1 Å². The number of carboxylic acids is 3. The standard InChI is InChI=1S/C53H72N8O16S6/c1-27-47(70)41-26-83-79-22-31-15-17-78-81-24-39(57-37(20-45(68)69)52(75)61-16-3-4-42(61)50(73)55-27)34(48(71)36(18-29-5-9-32(63)10-6-29)60-49(72)35(56-31)13-14-44(66)67)23-80-82-25-40(43(65)21-54-51(74)46(59-41)28(2)62)58-38(53(76)77)19-30-7-11-33(64)12-8-30/h5-12,27-28,31,34-42,46,56-59,62-64H,3-4,13-26H2,1-2H3,(H,54,74)(H,55,73)(H,60,72)(H,66,67)(H,68,69)(H,76,77)/t27?,28-,31?,34?,35+,36+,37+,38+,39?,40?,41?,42+,46+/m1/s1. The Kier molecular flexibility index (Phi) is 27.0. The van der Waals surface area contributed by atoms with Gasteiger partial charge in [-0.3, -0.25) is 58.6 Å². The Morgan fingerprint density at radius 3 is 2.01 bits per heavy atom. The van der Waals surface area contributed by atoms with Crippen LogP contribution in [0.2, 0.25) is 0 Å². The normalized spacial score (nSPS) is 29.1. The molecule has 30 heteroatoms. The van der Waals surface area contributed by atoms with Crippen LogP contribution in [-0.2, 0) is 60.8 Å². The predicted octanol–water partition coefficient (Wildman–Crippen LogP) is 0.990. The number of hydrogen-bond acceptors (Lipinski definition) is 23. The Morgan fingerprint density at radius 2 is 1.35 bits per heavy atom. The van der Waals surface area contributed by atoms with Crippen molar-refractivity contribution in [3.05, 3.63) is 59.7 Å². The van der Waals surface area contributed by atoms with E-state index < -0.39 is 157 Å². The van der Waals surface area contributed by atoms with E-state index in [9.17, 15) is 73.8 Å². The minimum absolute atomic E-state index is 0.0367. The summed E-state index contributed by atoms with van der Waals surface area (Å²) in [4.78, 5) is 142. The minimum atomic E-state index is -1.55. The lowest BCUT2D eigenvalue weighted by atomic mass is 9.89. The van der Waals surface area contributed by atoms with Crippen LogP contribution in [0.5, 0.6) is 11.5 Å². The van der Waals surface area contributed by atoms with Crippen LogP contribution < -0.4 is 37.2 Å². The number of carboxylic acid groups (broad SMARTS) is 3. The van der Waals surface area contributed by atoms with Crippen LogP contribution in [0.4, 0.5) is 0 Å². The van der Waals surface area contributed by atoms with Crippen molar-refractivity contribution in [1.29, 1.82) is 0 Å². The molecule has 2 aromatic carbocycles. The second-order valence-electron chi connectivity index (χ2n) is 20.7. The Bertz CT molecular complexity index is 2610. The molecule has 4 aliphatic heterocycles. The van der Waals surface area contributed by atoms with E-state index in [-0.39, 0.29) is 72.5 Å². The molecule has 0 aromatic heterocycles. The van der Waals surface area contributed by atoms with Crippen LogP contribution in [0, 0.1) is 5.92 Å². The molecule has 24 nitrogen and oxygen atoms in total. The highest BCUT2D eigenvalue weighted by Gasteiger charge is 2.43. The number of carbonyl (C=O) groups excluding carboxylic acids is 7. The van der Waals surface area contributed by atoms with Crippen LogP contribution in [0.15, 0.2) is 48.5 Å². The fraction of sp³-hybridized carbons (Fsp3) is 0.585. The summed E-state index contributed by atoms with van der Waals surface area (Å²) < 4.78 is 0. The summed E-state index contributed by atoms with van der Waals surface area (Å²) in [7, 11) is 7.36. The summed E-state index contributed by atoms with van der Waals surface area (Å²) in [6, 6.07) is -1.93. The number of benzene rings is 2. The molecule has 13 atom stereocenters. The second kappa shape index (κ2) is 33.2. The molecule has 2 aromatic rings. The molecule has 3 bridgehead atoms. The lowest BCUT2D eigenvalue weighted by Crippen LogP contribution is -2.61. The predicted molar refractivity (Wildman–Crippen MR) is 320 cm³/mol. The van der Waals surface area contributed by atoms with Gasteiger partial charge in [-0.1, -0.05) is 89.0 Å². The van der Waals surface area contributed by atoms with E-state index in [0.717, 1.165) is 21.6 Å². The number of aliphatic hydroxyl groups is 1. The molecule has 4 fully saturated rings. The summed E-state index contributed by atoms with van der Waals surface area (Å²) >= 11 is 0. The van der Waals surface area contributed by atoms with E-state index in [0.29, 0.717) is 29.7 Å². The van der Waals surface area contributed by atoms with Crippen molar-refractivity contribution in [1.82, 2.24) is 42.1 Å². The molecule has 456 valence electrons. The number of hydrogen-bond donors (Lipinski definition) is 13. The molecule has 13 N–H and O–H groups in total. The minimum Gasteiger partial charge on any atom is -0.508 e. The van der Waals surface area contributed by atoms with Gasteiger partial charge in [0.25, 0.3) is 0 Å². The molecule has 6 unspecified atom stereocenters. The first kappa shape index (κ1) is 67.4. The highest BCUT2D eigenvalue weighted by Crippen LogP contribution is 2.34. The van der Waals surface area contributed by atoms with E-state index >= 15 is 4.79 Å². The summed E-state index contributed by atoms with van der Waals surface area (Å²) in [6.07, 6.45) is -2.33. The van der Waals surface area contributed by atoms with Crippen LogP contribution in [0.25, 0.3) is 0 Å². The maximum atomic E-state index is 15.8. The Hall–Kier alpha value is -4.76. The van der Waals surface area contributed by atoms with Crippen molar-refractivity contribution in [2.75, 3.05) is 47.6 Å². The molecule has 4 amide bonds. The van der Waals surface area contributed by atoms with Crippen molar-refractivity contribution in [3.8, 4) is 11.5 Å². The fourth-order valence-electron chi connectivity index (χ4n) is 9.88. The molecule has 0 aliphatic carbocycles. The number of phenolic OH excluding ortho intramolecular Hbond substituents is 2. The van der Waals surface area contributed by atoms with Gasteiger partial charge in [-0.05, 0) is 87.8 Å². The van der Waals surface area contributed by atoms with Gasteiger partial charge < -0.3 is 62.1 Å². The number of carbonyl (C=O) groups is 10. The van der Waals surface area contributed by atoms with Gasteiger partial charge in [0.2, 0.25) is 23.6 Å². The Morgan fingerprint density at radius 1 is 0.699 bits per heavy atom. The monoisotopic (exact) mass is 1270 g/mol. The summed E-state index contributed by atoms with van der Waals surface area (Å²) in [5.41, 5.74) is 0.993. The molecule has 6 rings (SSSR count). The van der Waals surface area contributed by atoms with Gasteiger partial charge in [-0.25, -0.2) is 0 Å². The third-order valence-electron chi connectivity index (χ3n) is 14.4. The third kappa shape index (κ3) is 20.7. The average molecular weight is 1270 g/mol. The molecular weight excluding hydrogens is 1200 g/mol. The number of aromatic hydroxyl groups is 2. The van der Waals surface area contributed by atoms with Gasteiger partial charge in [0.15, 0.2) is 17.3 Å². The van der Waals surface area contributed by atoms with Crippen LogP contribution in [0.1, 0.15) is 63.5 Å². The fourth-order valence-corrected chi connectivity index (χ4v) is 17.4. The van der Waals surface area contributed by atoms with Gasteiger partial charge in [-0.15, -0.1) is 0 Å². The highest BCUT2D eigenvalue weighted by atomic mass is 33.1. The maximum absolute atomic E-state index is 15.8. The lowest BCUT2D eigenvalue weighted by molar-refractivity contribution is -0.145. The number of aliphatic carboxylic acids is 3. The number of aliphatic hydroxyl groups excluding tert-OH is 1. The number of ketones is 3. The number of phenols is 2. The van der Waals surface area contributed by atoms with Crippen molar-refractivity contribution in [2.24, 2.45) is 5.92 Å². The molecule has 4 saturated heterocycles. The van der Waals surface area contributed by atoms with Crippen molar-refractivity contribution in [3.63, 3.8) is 0 Å². The lowest BCUT2D eigenvalue weighted by Gasteiger charge is -2.35. The van der Waals surface area contributed by atoms with Crippen molar-refractivity contribution < 1.29 is 78.6 Å². The Balaban J connectivity index is 1.54. The second-order valence-corrected chi connectivity index (χ2v) is 28.4. The zero-order valence-electron chi connectivity index (χ0n) is 45.6. The SMILES string of the molecule is CC1NC(=O)[C@@H]2CCCN2C(=O)[C@H](CC(=O)O)NC2CSSCCC3CSSCC(N[C@@H]([C@@H](C)O)C(=O)NCC(=O)C(N[C@@H](Cc4ccc(O)cc4)C(=O)O)CSSCC2C(=O)[C@H](Cc2ccc(O)cc2)NC(=O)[C@H](CCC(=O)O)N3)C1=O. The molecule has 4 heterocycles. The van der Waals surface area contributed by atoms with Gasteiger partial charge >= 0.3 is 17.9 Å². The third-order valence-corrected chi connectivity index (χ3v) is 21.8. The van der Waals surface area contributed by atoms with Gasteiger partial charge in [0, 0.05) is 65.5 Å². The van der Waals surface area contributed by atoms with Gasteiger partial charge in [0.1, 0.15) is 29.6 Å². The summed E-state index contributed by atoms with van der Waals surface area (Å²) in [5.74, 6) is -9.91. The van der Waals surface area contributed by atoms with Crippen molar-refractivity contribution >= 4 is 124 Å². The van der Waals surface area contributed by atoms with Gasteiger partial charge in [0.05, 0.1) is 55.3 Å². The van der Waals surface area contributed by atoms with Crippen LogP contribution in [-0.4, -0.2) is 215 Å². The number of rotatable bonds is 13. The average Bonchev–Trinajstić information content (AvgIpc) is 4.08. The quantitative estimate of drug-likeness (QED) is 0.124. The number of amides is 4. The van der Waals surface area contributed by atoms with Crippen LogP contribution in [0.3, 0.4) is 0 Å². The summed E-state index contributed by atoms with van der Waals surface area (Å²) in [6.45, 7) is 2.06. The molecule has 4 aliphatic rings. The topological polar surface area (TPSA) is 380 Å². The van der Waals surface area contributed by atoms with Crippen LogP contribution >= 0.6 is 64.8 Å².